The lowest BCUT2D eigenvalue weighted by atomic mass is 9.85. The van der Waals surface area contributed by atoms with Gasteiger partial charge in [-0.05, 0) is 68.2 Å². The number of carbonyl (C=O) groups is 3. The van der Waals surface area contributed by atoms with Crippen LogP contribution in [0.25, 0.3) is 0 Å². The highest BCUT2D eigenvalue weighted by molar-refractivity contribution is 7.92. The molecule has 11 heteroatoms. The van der Waals surface area contributed by atoms with Crippen LogP contribution in [0.15, 0.2) is 54.6 Å². The van der Waals surface area contributed by atoms with Crippen LogP contribution < -0.4 is 14.9 Å². The second kappa shape index (κ2) is 16.0. The van der Waals surface area contributed by atoms with Gasteiger partial charge >= 0.3 is 5.97 Å². The van der Waals surface area contributed by atoms with Crippen molar-refractivity contribution in [1.29, 1.82) is 0 Å². The number of aliphatic hydroxyl groups excluding tert-OH is 1. The molecule has 2 aromatic carbocycles. The topological polar surface area (TPSA) is 142 Å². The lowest BCUT2D eigenvalue weighted by Gasteiger charge is -2.30. The highest BCUT2D eigenvalue weighted by Gasteiger charge is 2.31. The lowest BCUT2D eigenvalue weighted by molar-refractivity contribution is -0.146. The van der Waals surface area contributed by atoms with Gasteiger partial charge in [-0.25, -0.2) is 8.42 Å². The summed E-state index contributed by atoms with van der Waals surface area (Å²) in [6, 6.07) is 14.6. The Labute approximate surface area is 261 Å². The third kappa shape index (κ3) is 10.1. The Kier molecular flexibility index (Phi) is 12.8. The Morgan fingerprint density at radius 3 is 2.25 bits per heavy atom. The molecule has 0 bridgehead atoms. The van der Waals surface area contributed by atoms with Crippen LogP contribution >= 0.6 is 0 Å². The number of rotatable bonds is 14. The van der Waals surface area contributed by atoms with E-state index in [1.165, 1.54) is 24.5 Å². The number of anilines is 1. The molecule has 3 rings (SSSR count). The molecule has 0 heterocycles. The van der Waals surface area contributed by atoms with Crippen molar-refractivity contribution >= 4 is 33.5 Å². The summed E-state index contributed by atoms with van der Waals surface area (Å²) in [4.78, 5) is 38.1. The maximum absolute atomic E-state index is 13.3. The Morgan fingerprint density at radius 2 is 1.64 bits per heavy atom. The molecule has 44 heavy (non-hydrogen) atoms. The first-order chi connectivity index (χ1) is 20.8. The van der Waals surface area contributed by atoms with E-state index in [9.17, 15) is 27.9 Å². The van der Waals surface area contributed by atoms with Gasteiger partial charge in [0.05, 0.1) is 36.6 Å². The molecule has 1 fully saturated rings. The van der Waals surface area contributed by atoms with Crippen LogP contribution in [0.1, 0.15) is 75.2 Å². The molecule has 1 saturated carbocycles. The van der Waals surface area contributed by atoms with Gasteiger partial charge in [-0.2, -0.15) is 0 Å². The van der Waals surface area contributed by atoms with Gasteiger partial charge in [0.15, 0.2) is 0 Å². The SMILES string of the molecule is COC(=O)C1CCC(NC(=O)[C@H](C)C[C@H](O)[C@H](CC(C)C)NC(=O)c2cccc(N(C)S(=O)(=O)Cc3ccccc3)c2)CC1. The second-order valence-corrected chi connectivity index (χ2v) is 14.3. The fraction of sp³-hybridized carbons (Fsp3) is 0.545. The van der Waals surface area contributed by atoms with E-state index < -0.39 is 34.0 Å². The first kappa shape index (κ1) is 35.0. The number of ether oxygens (including phenoxy) is 1. The molecule has 0 aromatic heterocycles. The lowest BCUT2D eigenvalue weighted by Crippen LogP contribution is -2.47. The van der Waals surface area contributed by atoms with Crippen molar-refractivity contribution < 1.29 is 32.6 Å². The van der Waals surface area contributed by atoms with E-state index in [1.54, 1.807) is 49.4 Å². The van der Waals surface area contributed by atoms with E-state index in [0.29, 0.717) is 43.4 Å². The summed E-state index contributed by atoms with van der Waals surface area (Å²) in [7, 11) is -0.859. The van der Waals surface area contributed by atoms with Crippen LogP contribution in [0.4, 0.5) is 5.69 Å². The number of methoxy groups -OCH3 is 1. The Hall–Kier alpha value is -3.44. The van der Waals surface area contributed by atoms with Crippen LogP contribution in [0.3, 0.4) is 0 Å². The van der Waals surface area contributed by atoms with Gasteiger partial charge in [-0.15, -0.1) is 0 Å². The fourth-order valence-electron chi connectivity index (χ4n) is 5.57. The van der Waals surface area contributed by atoms with E-state index in [0.717, 1.165) is 0 Å². The first-order valence-electron chi connectivity index (χ1n) is 15.3. The number of benzene rings is 2. The van der Waals surface area contributed by atoms with E-state index in [4.69, 9.17) is 4.74 Å². The number of nitrogens with zero attached hydrogens (tertiary/aromatic N) is 1. The number of esters is 1. The summed E-state index contributed by atoms with van der Waals surface area (Å²) in [6.45, 7) is 5.72. The molecule has 1 aliphatic rings. The maximum atomic E-state index is 13.3. The van der Waals surface area contributed by atoms with Crippen molar-refractivity contribution in [3.63, 3.8) is 0 Å². The fourth-order valence-corrected chi connectivity index (χ4v) is 6.82. The predicted octanol–water partition coefficient (Wildman–Crippen LogP) is 4.03. The standard InChI is InChI=1S/C33H47N3O7S/c1-22(2)18-29(30(37)19-23(3)31(38)34-27-16-14-25(15-17-27)33(40)43-5)35-32(39)26-12-9-13-28(20-26)36(4)44(41,42)21-24-10-7-6-8-11-24/h6-13,20,22-23,25,27,29-30,37H,14-19,21H2,1-5H3,(H,34,38)(H,35,39)/t23-,25?,27?,29+,30+/m1/s1. The zero-order valence-electron chi connectivity index (χ0n) is 26.4. The van der Waals surface area contributed by atoms with Gasteiger partial charge in [0.2, 0.25) is 15.9 Å². The molecule has 3 atom stereocenters. The molecule has 1 aliphatic carbocycles. The molecule has 242 valence electrons. The predicted molar refractivity (Wildman–Crippen MR) is 170 cm³/mol. The van der Waals surface area contributed by atoms with E-state index in [-0.39, 0.29) is 47.5 Å². The van der Waals surface area contributed by atoms with Crippen molar-refractivity contribution in [3.05, 3.63) is 65.7 Å². The molecule has 0 unspecified atom stereocenters. The molecule has 0 aliphatic heterocycles. The number of carbonyl (C=O) groups excluding carboxylic acids is 3. The van der Waals surface area contributed by atoms with Crippen LogP contribution in [0, 0.1) is 17.8 Å². The van der Waals surface area contributed by atoms with Crippen molar-refractivity contribution in [2.45, 2.75) is 83.2 Å². The van der Waals surface area contributed by atoms with Crippen LogP contribution in [-0.4, -0.2) is 63.7 Å². The Bertz CT molecular complexity index is 1360. The van der Waals surface area contributed by atoms with Crippen LogP contribution in [-0.2, 0) is 30.1 Å². The van der Waals surface area contributed by atoms with Crippen molar-refractivity contribution in [3.8, 4) is 0 Å². The van der Waals surface area contributed by atoms with Gasteiger partial charge < -0.3 is 20.5 Å². The summed E-state index contributed by atoms with van der Waals surface area (Å²) in [6.07, 6.45) is 2.36. The number of amides is 2. The van der Waals surface area contributed by atoms with Gasteiger partial charge in [0.25, 0.3) is 5.91 Å². The average Bonchev–Trinajstić information content (AvgIpc) is 3.00. The number of hydrogen-bond acceptors (Lipinski definition) is 7. The zero-order valence-corrected chi connectivity index (χ0v) is 27.2. The molecule has 10 nitrogen and oxygen atoms in total. The van der Waals surface area contributed by atoms with Gasteiger partial charge in [0, 0.05) is 24.6 Å². The second-order valence-electron chi connectivity index (χ2n) is 12.3. The molecular weight excluding hydrogens is 582 g/mol. The highest BCUT2D eigenvalue weighted by atomic mass is 32.2. The summed E-state index contributed by atoms with van der Waals surface area (Å²) >= 11 is 0. The summed E-state index contributed by atoms with van der Waals surface area (Å²) < 4.78 is 32.1. The van der Waals surface area contributed by atoms with E-state index in [1.807, 2.05) is 19.9 Å². The van der Waals surface area contributed by atoms with Crippen LogP contribution in [0.5, 0.6) is 0 Å². The number of hydrogen-bond donors (Lipinski definition) is 3. The molecule has 0 spiro atoms. The molecular formula is C33H47N3O7S. The van der Waals surface area contributed by atoms with Gasteiger partial charge in [-0.1, -0.05) is 57.2 Å². The van der Waals surface area contributed by atoms with Gasteiger partial charge in [-0.3, -0.25) is 18.7 Å². The summed E-state index contributed by atoms with van der Waals surface area (Å²) in [5.74, 6) is -1.47. The third-order valence-corrected chi connectivity index (χ3v) is 9.98. The Morgan fingerprint density at radius 1 is 0.977 bits per heavy atom. The monoisotopic (exact) mass is 629 g/mol. The minimum absolute atomic E-state index is 0.0314. The number of nitrogens with one attached hydrogen (secondary N) is 2. The number of sulfonamides is 1. The number of aliphatic hydroxyl groups is 1. The maximum Gasteiger partial charge on any atom is 0.308 e. The molecule has 2 amide bonds. The van der Waals surface area contributed by atoms with Gasteiger partial charge in [0.1, 0.15) is 0 Å². The minimum atomic E-state index is -3.70. The zero-order chi connectivity index (χ0) is 32.4. The smallest absolute Gasteiger partial charge is 0.308 e. The molecule has 3 N–H and O–H groups in total. The quantitative estimate of drug-likeness (QED) is 0.268. The van der Waals surface area contributed by atoms with Crippen LogP contribution in [0.2, 0.25) is 0 Å². The van der Waals surface area contributed by atoms with E-state index >= 15 is 0 Å². The molecule has 2 aromatic rings. The first-order valence-corrected chi connectivity index (χ1v) is 16.9. The molecule has 0 saturated heterocycles. The van der Waals surface area contributed by atoms with Crippen molar-refractivity contribution in [2.24, 2.45) is 17.8 Å². The summed E-state index contributed by atoms with van der Waals surface area (Å²) in [5.41, 5.74) is 1.27. The minimum Gasteiger partial charge on any atom is -0.469 e. The Balaban J connectivity index is 1.61. The van der Waals surface area contributed by atoms with Crippen molar-refractivity contribution in [2.75, 3.05) is 18.5 Å². The molecule has 0 radical (unpaired) electrons. The largest absolute Gasteiger partial charge is 0.469 e. The normalized spacial score (nSPS) is 19.0. The highest BCUT2D eigenvalue weighted by Crippen LogP contribution is 2.26. The third-order valence-electron chi connectivity index (χ3n) is 8.24. The van der Waals surface area contributed by atoms with Crippen molar-refractivity contribution in [1.82, 2.24) is 10.6 Å². The average molecular weight is 630 g/mol. The van der Waals surface area contributed by atoms with E-state index in [2.05, 4.69) is 10.6 Å². The summed E-state index contributed by atoms with van der Waals surface area (Å²) in [5, 5.41) is 17.1.